The Bertz CT molecular complexity index is 222. The first kappa shape index (κ1) is 16.1. The highest BCUT2D eigenvalue weighted by Gasteiger charge is 2.22. The molecule has 0 bridgehead atoms. The predicted molar refractivity (Wildman–Crippen MR) is 51.5 cm³/mol. The monoisotopic (exact) mass is 223 g/mol. The maximum Gasteiger partial charge on any atom is 0.408 e. The minimum absolute atomic E-state index is 0. The summed E-state index contributed by atoms with van der Waals surface area (Å²) in [5.74, 6) is -1.31. The van der Waals surface area contributed by atoms with E-state index >= 15 is 0 Å². The van der Waals surface area contributed by atoms with Crippen molar-refractivity contribution in [3.8, 4) is 0 Å². The number of aliphatic hydroxyl groups excluding tert-OH is 1. The van der Waals surface area contributed by atoms with E-state index < -0.39 is 30.3 Å². The van der Waals surface area contributed by atoms with E-state index in [1.54, 1.807) is 20.8 Å². The second kappa shape index (κ2) is 6.20. The van der Waals surface area contributed by atoms with Crippen molar-refractivity contribution in [3.63, 3.8) is 0 Å². The molecule has 0 rings (SSSR count). The molecule has 0 aromatic carbocycles. The van der Waals surface area contributed by atoms with Crippen molar-refractivity contribution in [1.82, 2.24) is 5.32 Å². The Morgan fingerprint density at radius 2 is 1.87 bits per heavy atom. The Balaban J connectivity index is 0. The Morgan fingerprint density at radius 1 is 1.40 bits per heavy atom. The summed E-state index contributed by atoms with van der Waals surface area (Å²) in [7, 11) is 0. The quantitative estimate of drug-likeness (QED) is 0.573. The van der Waals surface area contributed by atoms with Gasteiger partial charge in [0, 0.05) is 0 Å². The zero-order chi connectivity index (χ0) is 11.4. The SMILES string of the molecule is CC(C)(C)OC(=O)N[C@H](CO)C(=O)O.O. The smallest absolute Gasteiger partial charge is 0.408 e. The Hall–Kier alpha value is -1.34. The van der Waals surface area contributed by atoms with Gasteiger partial charge in [-0.2, -0.15) is 0 Å². The van der Waals surface area contributed by atoms with Crippen LogP contribution in [0.15, 0.2) is 0 Å². The van der Waals surface area contributed by atoms with Gasteiger partial charge in [0.2, 0.25) is 0 Å². The maximum atomic E-state index is 11.0. The molecular weight excluding hydrogens is 206 g/mol. The second-order valence-electron chi connectivity index (χ2n) is 3.72. The number of aliphatic hydroxyl groups is 1. The summed E-state index contributed by atoms with van der Waals surface area (Å²) in [5.41, 5.74) is -0.692. The number of hydrogen-bond acceptors (Lipinski definition) is 4. The first-order valence-electron chi connectivity index (χ1n) is 4.09. The number of rotatable bonds is 3. The van der Waals surface area contributed by atoms with Gasteiger partial charge in [-0.3, -0.25) is 0 Å². The largest absolute Gasteiger partial charge is 0.480 e. The zero-order valence-corrected chi connectivity index (χ0v) is 8.90. The van der Waals surface area contributed by atoms with Gasteiger partial charge in [-0.05, 0) is 20.8 Å². The highest BCUT2D eigenvalue weighted by molar-refractivity contribution is 5.80. The van der Waals surface area contributed by atoms with Crippen LogP contribution in [0.2, 0.25) is 0 Å². The van der Waals surface area contributed by atoms with Crippen LogP contribution in [0.25, 0.3) is 0 Å². The van der Waals surface area contributed by atoms with Crippen molar-refractivity contribution < 1.29 is 30.0 Å². The van der Waals surface area contributed by atoms with E-state index in [-0.39, 0.29) is 5.48 Å². The normalized spacial score (nSPS) is 12.3. The number of carbonyl (C=O) groups excluding carboxylic acids is 1. The van der Waals surface area contributed by atoms with Gasteiger partial charge in [-0.1, -0.05) is 0 Å². The lowest BCUT2D eigenvalue weighted by atomic mass is 10.2. The molecule has 0 heterocycles. The van der Waals surface area contributed by atoms with Gasteiger partial charge >= 0.3 is 12.1 Å². The van der Waals surface area contributed by atoms with E-state index in [1.165, 1.54) is 0 Å². The van der Waals surface area contributed by atoms with E-state index in [4.69, 9.17) is 14.9 Å². The third-order valence-corrected chi connectivity index (χ3v) is 1.17. The molecule has 0 aromatic heterocycles. The van der Waals surface area contributed by atoms with E-state index in [2.05, 4.69) is 0 Å². The van der Waals surface area contributed by atoms with Crippen LogP contribution in [0.1, 0.15) is 20.8 Å². The number of carboxylic acid groups (broad SMARTS) is 1. The summed E-state index contributed by atoms with van der Waals surface area (Å²) in [6, 6.07) is -1.33. The van der Waals surface area contributed by atoms with Crippen LogP contribution in [0.5, 0.6) is 0 Å². The van der Waals surface area contributed by atoms with E-state index in [1.807, 2.05) is 5.32 Å². The summed E-state index contributed by atoms with van der Waals surface area (Å²) in [6.45, 7) is 4.29. The lowest BCUT2D eigenvalue weighted by molar-refractivity contribution is -0.140. The fraction of sp³-hybridized carbons (Fsp3) is 0.750. The number of nitrogens with one attached hydrogen (secondary N) is 1. The number of carboxylic acids is 1. The molecule has 0 spiro atoms. The lowest BCUT2D eigenvalue weighted by Gasteiger charge is -2.21. The van der Waals surface area contributed by atoms with Gasteiger partial charge in [0.15, 0.2) is 6.04 Å². The van der Waals surface area contributed by atoms with Crippen molar-refractivity contribution >= 4 is 12.1 Å². The van der Waals surface area contributed by atoms with Gasteiger partial charge in [0.1, 0.15) is 5.60 Å². The van der Waals surface area contributed by atoms with Crippen LogP contribution in [0.4, 0.5) is 4.79 Å². The number of carbonyl (C=O) groups is 2. The third-order valence-electron chi connectivity index (χ3n) is 1.17. The van der Waals surface area contributed by atoms with Gasteiger partial charge < -0.3 is 25.7 Å². The van der Waals surface area contributed by atoms with Crippen molar-refractivity contribution in [3.05, 3.63) is 0 Å². The van der Waals surface area contributed by atoms with Crippen LogP contribution in [-0.4, -0.2) is 46.0 Å². The van der Waals surface area contributed by atoms with Crippen LogP contribution in [-0.2, 0) is 9.53 Å². The van der Waals surface area contributed by atoms with Crippen molar-refractivity contribution in [1.29, 1.82) is 0 Å². The van der Waals surface area contributed by atoms with Crippen LogP contribution in [0, 0.1) is 0 Å². The molecule has 1 atom stereocenters. The topological polar surface area (TPSA) is 127 Å². The van der Waals surface area contributed by atoms with Crippen molar-refractivity contribution in [2.75, 3.05) is 6.61 Å². The standard InChI is InChI=1S/C8H15NO5.H2O/c1-8(2,3)14-7(13)9-5(4-10)6(11)12;/h5,10H,4H2,1-3H3,(H,9,13)(H,11,12);1H2/t5-;/m1./s1. The average molecular weight is 223 g/mol. The molecule has 7 nitrogen and oxygen atoms in total. The number of amides is 1. The molecule has 0 saturated carbocycles. The van der Waals surface area contributed by atoms with Crippen LogP contribution in [0.3, 0.4) is 0 Å². The molecule has 0 radical (unpaired) electrons. The van der Waals surface area contributed by atoms with Gasteiger partial charge in [-0.25, -0.2) is 9.59 Å². The molecule has 0 fully saturated rings. The summed E-state index contributed by atoms with van der Waals surface area (Å²) in [5, 5.41) is 19.1. The van der Waals surface area contributed by atoms with Gasteiger partial charge in [0.25, 0.3) is 0 Å². The summed E-state index contributed by atoms with van der Waals surface area (Å²) >= 11 is 0. The Morgan fingerprint density at radius 3 is 2.13 bits per heavy atom. The second-order valence-corrected chi connectivity index (χ2v) is 3.72. The lowest BCUT2D eigenvalue weighted by Crippen LogP contribution is -2.45. The Kier molecular flexibility index (Phi) is 6.66. The molecule has 1 amide bonds. The maximum absolute atomic E-state index is 11.0. The van der Waals surface area contributed by atoms with E-state index in [9.17, 15) is 9.59 Å². The summed E-state index contributed by atoms with van der Waals surface area (Å²) in [6.07, 6.45) is -0.862. The third kappa shape index (κ3) is 7.71. The fourth-order valence-corrected chi connectivity index (χ4v) is 0.635. The first-order valence-corrected chi connectivity index (χ1v) is 4.09. The molecule has 90 valence electrons. The number of ether oxygens (including phenoxy) is 1. The van der Waals surface area contributed by atoms with Crippen LogP contribution >= 0.6 is 0 Å². The molecule has 0 aliphatic heterocycles. The molecule has 0 aliphatic carbocycles. The van der Waals surface area contributed by atoms with Crippen molar-refractivity contribution in [2.24, 2.45) is 0 Å². The molecule has 0 aliphatic rings. The number of hydrogen-bond donors (Lipinski definition) is 3. The van der Waals surface area contributed by atoms with E-state index in [0.717, 1.165) is 0 Å². The van der Waals surface area contributed by atoms with Crippen molar-refractivity contribution in [2.45, 2.75) is 32.4 Å². The van der Waals surface area contributed by atoms with Crippen LogP contribution < -0.4 is 5.32 Å². The Labute approximate surface area is 87.3 Å². The predicted octanol–water partition coefficient (Wildman–Crippen LogP) is -0.868. The summed E-state index contributed by atoms with van der Waals surface area (Å²) in [4.78, 5) is 21.4. The molecule has 0 aromatic rings. The molecule has 5 N–H and O–H groups in total. The van der Waals surface area contributed by atoms with Gasteiger partial charge in [0.05, 0.1) is 6.61 Å². The minimum atomic E-state index is -1.33. The molecular formula is C8H17NO6. The van der Waals surface area contributed by atoms with Gasteiger partial charge in [-0.15, -0.1) is 0 Å². The molecule has 0 unspecified atom stereocenters. The van der Waals surface area contributed by atoms with E-state index in [0.29, 0.717) is 0 Å². The molecule has 15 heavy (non-hydrogen) atoms. The number of aliphatic carboxylic acids is 1. The number of alkyl carbamates (subject to hydrolysis) is 1. The minimum Gasteiger partial charge on any atom is -0.480 e. The highest BCUT2D eigenvalue weighted by Crippen LogP contribution is 2.06. The molecule has 0 saturated heterocycles. The average Bonchev–Trinajstić information content (AvgIpc) is 1.96. The highest BCUT2D eigenvalue weighted by atomic mass is 16.6. The first-order chi connectivity index (χ1) is 6.26. The summed E-state index contributed by atoms with van der Waals surface area (Å²) < 4.78 is 4.80. The zero-order valence-electron chi connectivity index (χ0n) is 8.90. The molecule has 7 heteroatoms. The fourth-order valence-electron chi connectivity index (χ4n) is 0.635.